The van der Waals surface area contributed by atoms with E-state index in [1.807, 2.05) is 6.26 Å². The summed E-state index contributed by atoms with van der Waals surface area (Å²) in [4.78, 5) is 34.9. The van der Waals surface area contributed by atoms with Gasteiger partial charge in [-0.25, -0.2) is 13.2 Å². The first kappa shape index (κ1) is 20.7. The molecule has 2 rings (SSSR count). The molecule has 0 aromatic carbocycles. The van der Waals surface area contributed by atoms with E-state index in [1.165, 1.54) is 11.8 Å². The zero-order chi connectivity index (χ0) is 17.6. The van der Waals surface area contributed by atoms with Crippen molar-refractivity contribution < 1.29 is 38.5 Å². The molecule has 5 atom stereocenters. The number of aliphatic carboxylic acids is 2. The fourth-order valence-electron chi connectivity index (χ4n) is 3.19. The highest BCUT2D eigenvalue weighted by molar-refractivity contribution is 7.98. The minimum absolute atomic E-state index is 0. The van der Waals surface area contributed by atoms with Crippen LogP contribution in [-0.4, -0.2) is 76.5 Å². The quantitative estimate of drug-likeness (QED) is 0.361. The number of sulfone groups is 1. The van der Waals surface area contributed by atoms with Gasteiger partial charge in [0, 0.05) is 5.92 Å². The molecular weight excluding hydrogens is 364 g/mol. The van der Waals surface area contributed by atoms with Crippen LogP contribution in [0.1, 0.15) is 6.42 Å². The van der Waals surface area contributed by atoms with Crippen molar-refractivity contribution in [3.8, 4) is 0 Å². The molecule has 0 radical (unpaired) electrons. The number of hydrogen-bond donors (Lipinski definition) is 4. The second-order valence-electron chi connectivity index (χ2n) is 5.82. The van der Waals surface area contributed by atoms with Gasteiger partial charge in [0.2, 0.25) is 5.91 Å². The molecule has 2 aliphatic rings. The van der Waals surface area contributed by atoms with Crippen LogP contribution < -0.4 is 11.1 Å². The highest BCUT2D eigenvalue weighted by atomic mass is 32.2. The van der Waals surface area contributed by atoms with Gasteiger partial charge >= 0.3 is 11.9 Å². The summed E-state index contributed by atoms with van der Waals surface area (Å²) < 4.78 is 24.1. The van der Waals surface area contributed by atoms with Crippen molar-refractivity contribution in [2.24, 2.45) is 17.6 Å². The van der Waals surface area contributed by atoms with Gasteiger partial charge in [0.15, 0.2) is 15.4 Å². The third kappa shape index (κ3) is 3.23. The lowest BCUT2D eigenvalue weighted by Crippen LogP contribution is -2.61. The fraction of sp³-hybridized carbons (Fsp3) is 0.750. The second-order valence-corrected chi connectivity index (χ2v) is 8.96. The van der Waals surface area contributed by atoms with Gasteiger partial charge in [0.05, 0.1) is 23.0 Å². The monoisotopic (exact) mass is 384 g/mol. The van der Waals surface area contributed by atoms with Crippen LogP contribution in [0.5, 0.6) is 0 Å². The lowest BCUT2D eigenvalue weighted by molar-refractivity contribution is -0.148. The van der Waals surface area contributed by atoms with Crippen LogP contribution in [0.4, 0.5) is 0 Å². The number of carbonyl (C=O) groups excluding carboxylic acids is 1. The molecule has 0 spiro atoms. The molecule has 0 bridgehead atoms. The normalized spacial score (nSPS) is 33.7. The number of thioether (sulfide) groups is 1. The molecule has 24 heavy (non-hydrogen) atoms. The van der Waals surface area contributed by atoms with E-state index in [4.69, 9.17) is 10.8 Å². The van der Waals surface area contributed by atoms with Gasteiger partial charge in [-0.05, 0) is 18.4 Å². The molecule has 1 amide bonds. The first-order valence-electron chi connectivity index (χ1n) is 6.83. The summed E-state index contributed by atoms with van der Waals surface area (Å²) in [6.45, 7) is 0. The van der Waals surface area contributed by atoms with Gasteiger partial charge in [0.1, 0.15) is 0 Å². The third-order valence-corrected chi connectivity index (χ3v) is 7.27. The van der Waals surface area contributed by atoms with Crippen LogP contribution in [0, 0.1) is 11.8 Å². The summed E-state index contributed by atoms with van der Waals surface area (Å²) in [5.74, 6) is -6.43. The number of hydrogen-bond acceptors (Lipinski definition) is 7. The topological polar surface area (TPSA) is 195 Å². The van der Waals surface area contributed by atoms with E-state index in [-0.39, 0.29) is 5.48 Å². The first-order chi connectivity index (χ1) is 10.6. The van der Waals surface area contributed by atoms with Crippen LogP contribution in [0.15, 0.2) is 0 Å². The molecule has 1 heterocycles. The van der Waals surface area contributed by atoms with Crippen molar-refractivity contribution in [2.45, 2.75) is 23.3 Å². The summed E-state index contributed by atoms with van der Waals surface area (Å²) in [5.41, 5.74) is 3.55. The van der Waals surface area contributed by atoms with Crippen molar-refractivity contribution in [1.29, 1.82) is 0 Å². The minimum atomic E-state index is -3.91. The number of nitrogens with one attached hydrogen (secondary N) is 1. The summed E-state index contributed by atoms with van der Waals surface area (Å²) in [6.07, 6.45) is 2.12. The van der Waals surface area contributed by atoms with Crippen LogP contribution in [0.3, 0.4) is 0 Å². The minimum Gasteiger partial charge on any atom is -0.481 e. The maximum absolute atomic E-state index is 12.1. The van der Waals surface area contributed by atoms with Gasteiger partial charge in [-0.3, -0.25) is 9.59 Å². The largest absolute Gasteiger partial charge is 0.481 e. The Labute approximate surface area is 142 Å². The average Bonchev–Trinajstić information content (AvgIpc) is 3.15. The fourth-order valence-corrected chi connectivity index (χ4v) is 6.38. The Kier molecular flexibility index (Phi) is 5.91. The molecule has 12 heteroatoms. The average molecular weight is 384 g/mol. The van der Waals surface area contributed by atoms with E-state index >= 15 is 0 Å². The Morgan fingerprint density at radius 1 is 1.38 bits per heavy atom. The predicted octanol–water partition coefficient (Wildman–Crippen LogP) is -2.69. The molecule has 138 valence electrons. The van der Waals surface area contributed by atoms with E-state index < -0.39 is 62.1 Å². The number of carboxylic acid groups (broad SMARTS) is 2. The smallest absolute Gasteiger partial charge is 0.330 e. The molecule has 1 saturated carbocycles. The maximum Gasteiger partial charge on any atom is 0.330 e. The number of carboxylic acids is 2. The molecule has 1 saturated heterocycles. The van der Waals surface area contributed by atoms with Crippen molar-refractivity contribution in [3.05, 3.63) is 0 Å². The van der Waals surface area contributed by atoms with E-state index in [2.05, 4.69) is 5.32 Å². The Balaban J connectivity index is 0.00000288. The number of amides is 1. The zero-order valence-corrected chi connectivity index (χ0v) is 14.4. The molecule has 7 N–H and O–H groups in total. The second kappa shape index (κ2) is 6.86. The molecule has 10 nitrogen and oxygen atoms in total. The number of nitrogens with two attached hydrogens (primary N) is 1. The SMILES string of the molecule is CSCC[C@@H](N)C(=O)N[C@@]1(C(=O)O)CS(=O)(=O)[C@H]2[C@H](C(=O)O)[C@H]21.O. The molecule has 2 fully saturated rings. The Morgan fingerprint density at radius 3 is 2.38 bits per heavy atom. The van der Waals surface area contributed by atoms with Crippen LogP contribution >= 0.6 is 11.8 Å². The lowest BCUT2D eigenvalue weighted by Gasteiger charge is -2.28. The Hall–Kier alpha value is -1.37. The molecule has 1 aliphatic heterocycles. The molecule has 1 aliphatic carbocycles. The number of rotatable bonds is 7. The third-order valence-electron chi connectivity index (χ3n) is 4.35. The van der Waals surface area contributed by atoms with Crippen molar-refractivity contribution in [2.75, 3.05) is 17.8 Å². The van der Waals surface area contributed by atoms with Gasteiger partial charge < -0.3 is 26.7 Å². The van der Waals surface area contributed by atoms with Crippen LogP contribution in [-0.2, 0) is 24.2 Å². The summed E-state index contributed by atoms with van der Waals surface area (Å²) >= 11 is 1.46. The predicted molar refractivity (Wildman–Crippen MR) is 85.3 cm³/mol. The van der Waals surface area contributed by atoms with E-state index in [0.717, 1.165) is 0 Å². The Bertz CT molecular complexity index is 651. The number of fused-ring (bicyclic) bond motifs is 1. The van der Waals surface area contributed by atoms with Gasteiger partial charge in [-0.2, -0.15) is 11.8 Å². The standard InChI is InChI=1S/C12H18N2O7S2.H2O/c1-22-3-2-5(13)9(15)14-12(11(18)19)4-23(20,21)8-6(7(8)12)10(16)17;/h5-8H,2-4,13H2,1H3,(H,14,15)(H,16,17)(H,18,19);1H2/t5-,6-,7-,8+,12+;/m1./s1. The van der Waals surface area contributed by atoms with E-state index in [9.17, 15) is 27.9 Å². The molecular formula is C12H20N2O8S2. The molecule has 0 aromatic heterocycles. The first-order valence-corrected chi connectivity index (χ1v) is 9.93. The van der Waals surface area contributed by atoms with Gasteiger partial charge in [-0.15, -0.1) is 0 Å². The van der Waals surface area contributed by atoms with Crippen molar-refractivity contribution in [3.63, 3.8) is 0 Å². The van der Waals surface area contributed by atoms with Crippen molar-refractivity contribution >= 4 is 39.4 Å². The van der Waals surface area contributed by atoms with Gasteiger partial charge in [0.25, 0.3) is 0 Å². The van der Waals surface area contributed by atoms with Gasteiger partial charge in [-0.1, -0.05) is 0 Å². The summed E-state index contributed by atoms with van der Waals surface area (Å²) in [5, 5.41) is 19.5. The van der Waals surface area contributed by atoms with Crippen LogP contribution in [0.2, 0.25) is 0 Å². The maximum atomic E-state index is 12.1. The summed E-state index contributed by atoms with van der Waals surface area (Å²) in [7, 11) is -3.91. The molecule has 0 aromatic rings. The summed E-state index contributed by atoms with van der Waals surface area (Å²) in [6, 6.07) is -0.984. The highest BCUT2D eigenvalue weighted by Gasteiger charge is 2.79. The zero-order valence-electron chi connectivity index (χ0n) is 12.8. The van der Waals surface area contributed by atoms with E-state index in [1.54, 1.807) is 0 Å². The molecule has 0 unspecified atom stereocenters. The lowest BCUT2D eigenvalue weighted by atomic mass is 9.93. The highest BCUT2D eigenvalue weighted by Crippen LogP contribution is 2.57. The van der Waals surface area contributed by atoms with Crippen molar-refractivity contribution in [1.82, 2.24) is 5.32 Å². The Morgan fingerprint density at radius 2 is 1.96 bits per heavy atom. The van der Waals surface area contributed by atoms with E-state index in [0.29, 0.717) is 12.2 Å². The van der Waals surface area contributed by atoms with Crippen LogP contribution in [0.25, 0.3) is 0 Å². The number of carbonyl (C=O) groups is 3.